The Labute approximate surface area is 189 Å². The standard InChI is InChI=1S/C10H17N7O4.2C2HF3O2/c11-6-15-5-4(3-21-8(13)18)14-7(12)17-2-1-9(19,20)10(5,17)16-6;2*3-2(4,5)1(6)7/h4-5,19-20H,1-3H2,(H2,12,14)(H2,13,18)(H3,11,15,16);2*(H,6,7)/t4-,5-,10-;;/m0../s1. The lowest BCUT2D eigenvalue weighted by Crippen LogP contribution is -2.76. The van der Waals surface area contributed by atoms with E-state index in [-0.39, 0.29) is 31.5 Å². The molecule has 3 atom stereocenters. The van der Waals surface area contributed by atoms with E-state index in [1.807, 2.05) is 0 Å². The van der Waals surface area contributed by atoms with E-state index >= 15 is 0 Å². The number of nitrogens with two attached hydrogens (primary N) is 3. The van der Waals surface area contributed by atoms with Crippen LogP contribution in [0.2, 0.25) is 0 Å². The fourth-order valence-electron chi connectivity index (χ4n) is 3.23. The van der Waals surface area contributed by atoms with Crippen molar-refractivity contribution >= 4 is 30.0 Å². The summed E-state index contributed by atoms with van der Waals surface area (Å²) >= 11 is 0. The van der Waals surface area contributed by atoms with Crippen molar-refractivity contribution in [1.82, 2.24) is 10.2 Å². The van der Waals surface area contributed by atoms with Crippen molar-refractivity contribution in [3.8, 4) is 0 Å². The van der Waals surface area contributed by atoms with Gasteiger partial charge in [-0.1, -0.05) is 0 Å². The molecule has 11 N–H and O–H groups in total. The van der Waals surface area contributed by atoms with Gasteiger partial charge in [0.1, 0.15) is 18.7 Å². The van der Waals surface area contributed by atoms with Crippen LogP contribution in [0.1, 0.15) is 6.42 Å². The molecule has 3 rings (SSSR count). The first kappa shape index (κ1) is 29.3. The summed E-state index contributed by atoms with van der Waals surface area (Å²) in [7, 11) is 0. The van der Waals surface area contributed by atoms with Gasteiger partial charge in [0.25, 0.3) is 0 Å². The minimum Gasteiger partial charge on any atom is -0.475 e. The van der Waals surface area contributed by atoms with Crippen LogP contribution in [-0.4, -0.2) is 104 Å². The normalized spacial score (nSPS) is 26.2. The molecule has 0 aromatic carbocycles. The van der Waals surface area contributed by atoms with E-state index in [1.165, 1.54) is 4.90 Å². The molecule has 0 aromatic rings. The SMILES string of the molecule is NC(=O)OC[C@@H]1N=C(N)N2CCC(O)(O)[C@@]23NC(N)=N[C@@H]13.O=C(O)C(F)(F)F.O=C(O)C(F)(F)F. The number of primary amides is 1. The van der Waals surface area contributed by atoms with Gasteiger partial charge in [-0.25, -0.2) is 24.4 Å². The molecule has 21 heteroatoms. The van der Waals surface area contributed by atoms with Crippen LogP contribution >= 0.6 is 0 Å². The topological polar surface area (TPSA) is 259 Å². The summed E-state index contributed by atoms with van der Waals surface area (Å²) in [5.41, 5.74) is 15.1. The molecule has 0 bridgehead atoms. The summed E-state index contributed by atoms with van der Waals surface area (Å²) in [5.74, 6) is -7.51. The molecule has 35 heavy (non-hydrogen) atoms. The van der Waals surface area contributed by atoms with Crippen LogP contribution in [0.3, 0.4) is 0 Å². The molecular formula is C14H19F6N7O8. The molecular weight excluding hydrogens is 508 g/mol. The maximum Gasteiger partial charge on any atom is 0.490 e. The lowest BCUT2D eigenvalue weighted by molar-refractivity contribution is -0.221. The number of carbonyl (C=O) groups is 3. The molecule has 3 heterocycles. The highest BCUT2D eigenvalue weighted by Gasteiger charge is 2.69. The third-order valence-electron chi connectivity index (χ3n) is 4.57. The molecule has 3 aliphatic rings. The Kier molecular flexibility index (Phi) is 8.24. The molecule has 0 unspecified atom stereocenters. The second kappa shape index (κ2) is 9.85. The smallest absolute Gasteiger partial charge is 0.475 e. The van der Waals surface area contributed by atoms with Crippen molar-refractivity contribution in [3.05, 3.63) is 0 Å². The molecule has 1 fully saturated rings. The van der Waals surface area contributed by atoms with Crippen molar-refractivity contribution in [2.24, 2.45) is 27.2 Å². The number of nitrogens with one attached hydrogen (secondary N) is 1. The van der Waals surface area contributed by atoms with Gasteiger partial charge < -0.3 is 52.6 Å². The third-order valence-corrected chi connectivity index (χ3v) is 4.57. The van der Waals surface area contributed by atoms with E-state index < -0.39 is 53.9 Å². The zero-order chi connectivity index (χ0) is 27.6. The third kappa shape index (κ3) is 6.44. The monoisotopic (exact) mass is 527 g/mol. The van der Waals surface area contributed by atoms with Crippen LogP contribution in [0.4, 0.5) is 31.1 Å². The Morgan fingerprint density at radius 2 is 1.51 bits per heavy atom. The number of aliphatic hydroxyl groups is 2. The minimum atomic E-state index is -5.08. The number of carboxylic acid groups (broad SMARTS) is 2. The number of halogens is 6. The van der Waals surface area contributed by atoms with Crippen molar-refractivity contribution < 1.29 is 65.9 Å². The zero-order valence-electron chi connectivity index (χ0n) is 17.0. The summed E-state index contributed by atoms with van der Waals surface area (Å²) in [4.78, 5) is 38.4. The Balaban J connectivity index is 0.000000362. The van der Waals surface area contributed by atoms with Crippen molar-refractivity contribution in [3.63, 3.8) is 0 Å². The Bertz CT molecular complexity index is 885. The number of nitrogens with zero attached hydrogens (tertiary/aromatic N) is 3. The fourth-order valence-corrected chi connectivity index (χ4v) is 3.23. The molecule has 3 aliphatic heterocycles. The number of aliphatic imine (C=N–C) groups is 2. The quantitative estimate of drug-likeness (QED) is 0.136. The first-order valence-corrected chi connectivity index (χ1v) is 8.86. The number of carbonyl (C=O) groups excluding carboxylic acids is 1. The van der Waals surface area contributed by atoms with Crippen LogP contribution in [0, 0.1) is 0 Å². The molecule has 0 aromatic heterocycles. The fraction of sp³-hybridized carbons (Fsp3) is 0.643. The Morgan fingerprint density at radius 1 is 1.06 bits per heavy atom. The highest BCUT2D eigenvalue weighted by Crippen LogP contribution is 2.44. The number of aliphatic carboxylic acids is 2. The van der Waals surface area contributed by atoms with Crippen LogP contribution in [0.15, 0.2) is 9.98 Å². The maximum absolute atomic E-state index is 10.8. The number of rotatable bonds is 2. The van der Waals surface area contributed by atoms with E-state index in [9.17, 15) is 41.4 Å². The van der Waals surface area contributed by atoms with Gasteiger partial charge in [0.05, 0.1) is 0 Å². The van der Waals surface area contributed by atoms with Crippen molar-refractivity contribution in [2.45, 2.75) is 42.3 Å². The highest BCUT2D eigenvalue weighted by molar-refractivity contribution is 5.87. The minimum absolute atomic E-state index is 0.0355. The number of amides is 1. The Hall–Kier alpha value is -3.75. The van der Waals surface area contributed by atoms with Crippen LogP contribution in [0.25, 0.3) is 0 Å². The summed E-state index contributed by atoms with van der Waals surface area (Å²) in [6.07, 6.45) is -11.1. The van der Waals surface area contributed by atoms with Gasteiger partial charge in [-0.3, -0.25) is 0 Å². The lowest BCUT2D eigenvalue weighted by Gasteiger charge is -2.48. The molecule has 200 valence electrons. The number of hydrogen-bond acceptors (Lipinski definition) is 12. The Morgan fingerprint density at radius 3 is 1.91 bits per heavy atom. The van der Waals surface area contributed by atoms with E-state index in [0.717, 1.165) is 0 Å². The molecule has 0 aliphatic carbocycles. The van der Waals surface area contributed by atoms with Crippen molar-refractivity contribution in [1.29, 1.82) is 0 Å². The molecule has 0 saturated carbocycles. The van der Waals surface area contributed by atoms with E-state index in [4.69, 9.17) is 41.7 Å². The summed E-state index contributed by atoms with van der Waals surface area (Å²) < 4.78 is 68.2. The van der Waals surface area contributed by atoms with Gasteiger partial charge in [0, 0.05) is 13.0 Å². The molecule has 1 saturated heterocycles. The van der Waals surface area contributed by atoms with Gasteiger partial charge in [0.2, 0.25) is 5.79 Å². The number of hydrogen-bond donors (Lipinski definition) is 8. The van der Waals surface area contributed by atoms with E-state index in [2.05, 4.69) is 15.3 Å². The average molecular weight is 527 g/mol. The predicted molar refractivity (Wildman–Crippen MR) is 98.1 cm³/mol. The van der Waals surface area contributed by atoms with Crippen LogP contribution in [0.5, 0.6) is 0 Å². The van der Waals surface area contributed by atoms with Crippen LogP contribution in [-0.2, 0) is 14.3 Å². The molecule has 1 spiro atoms. The molecule has 0 radical (unpaired) electrons. The second-order valence-electron chi connectivity index (χ2n) is 6.86. The first-order valence-electron chi connectivity index (χ1n) is 8.86. The number of guanidine groups is 2. The molecule has 1 amide bonds. The van der Waals surface area contributed by atoms with Crippen molar-refractivity contribution in [2.75, 3.05) is 13.2 Å². The first-order chi connectivity index (χ1) is 15.7. The highest BCUT2D eigenvalue weighted by atomic mass is 19.4. The lowest BCUT2D eigenvalue weighted by atomic mass is 9.87. The van der Waals surface area contributed by atoms with Gasteiger partial charge in [-0.05, 0) is 0 Å². The zero-order valence-corrected chi connectivity index (χ0v) is 17.0. The second-order valence-corrected chi connectivity index (χ2v) is 6.86. The number of alkyl halides is 6. The average Bonchev–Trinajstić information content (AvgIpc) is 3.16. The van der Waals surface area contributed by atoms with E-state index in [1.54, 1.807) is 0 Å². The van der Waals surface area contributed by atoms with Gasteiger partial charge >= 0.3 is 30.4 Å². The van der Waals surface area contributed by atoms with Gasteiger partial charge in [0.15, 0.2) is 17.6 Å². The van der Waals surface area contributed by atoms with Crippen LogP contribution < -0.4 is 22.5 Å². The summed E-state index contributed by atoms with van der Waals surface area (Å²) in [6, 6.07) is -1.50. The van der Waals surface area contributed by atoms with Gasteiger partial charge in [-0.15, -0.1) is 0 Å². The maximum atomic E-state index is 10.8. The van der Waals surface area contributed by atoms with Gasteiger partial charge in [-0.2, -0.15) is 26.3 Å². The number of carboxylic acids is 2. The van der Waals surface area contributed by atoms with E-state index in [0.29, 0.717) is 0 Å². The largest absolute Gasteiger partial charge is 0.490 e. The predicted octanol–water partition coefficient (Wildman–Crippen LogP) is -2.59. The summed E-state index contributed by atoms with van der Waals surface area (Å²) in [6.45, 7) is 0.0862. The number of ether oxygens (including phenoxy) is 1. The molecule has 15 nitrogen and oxygen atoms in total. The summed E-state index contributed by atoms with van der Waals surface area (Å²) in [5, 5.41) is 37.8.